The zero-order chi connectivity index (χ0) is 19.2. The molecular weight excluding hydrogens is 341 g/mol. The normalized spacial score (nSPS) is 27.7. The summed E-state index contributed by atoms with van der Waals surface area (Å²) in [5.41, 5.74) is 1.69. The molecule has 4 heteroatoms. The average Bonchev–Trinajstić information content (AvgIpc) is 3.20. The van der Waals surface area contributed by atoms with Crippen molar-refractivity contribution in [3.8, 4) is 0 Å². The summed E-state index contributed by atoms with van der Waals surface area (Å²) in [7, 11) is 0. The third-order valence-corrected chi connectivity index (χ3v) is 7.02. The van der Waals surface area contributed by atoms with Crippen LogP contribution in [-0.4, -0.2) is 17.6 Å². The second kappa shape index (κ2) is 6.88. The first-order valence-electron chi connectivity index (χ1n) is 10.1. The molecular formula is C23H28FNO2. The van der Waals surface area contributed by atoms with E-state index in [4.69, 9.17) is 4.74 Å². The lowest BCUT2D eigenvalue weighted by Gasteiger charge is -2.30. The van der Waals surface area contributed by atoms with Gasteiger partial charge in [0, 0.05) is 11.6 Å². The Hall–Kier alpha value is -1.97. The second-order valence-corrected chi connectivity index (χ2v) is 8.86. The van der Waals surface area contributed by atoms with E-state index in [9.17, 15) is 9.18 Å². The summed E-state index contributed by atoms with van der Waals surface area (Å²) in [6, 6.07) is 6.93. The molecule has 2 fully saturated rings. The number of pyridine rings is 1. The van der Waals surface area contributed by atoms with Gasteiger partial charge < -0.3 is 4.74 Å². The summed E-state index contributed by atoms with van der Waals surface area (Å²) in [6.45, 7) is 6.38. The van der Waals surface area contributed by atoms with E-state index in [1.165, 1.54) is 11.6 Å². The number of ether oxygens (including phenoxy) is 1. The Morgan fingerprint density at radius 1 is 1.19 bits per heavy atom. The van der Waals surface area contributed by atoms with Crippen molar-refractivity contribution < 1.29 is 13.9 Å². The number of hydrogen-bond donors (Lipinski definition) is 0. The van der Waals surface area contributed by atoms with Crippen molar-refractivity contribution in [2.24, 2.45) is 23.2 Å². The highest BCUT2D eigenvalue weighted by atomic mass is 19.1. The van der Waals surface area contributed by atoms with Gasteiger partial charge in [-0.25, -0.2) is 4.39 Å². The molecule has 144 valence electrons. The molecule has 0 amide bonds. The van der Waals surface area contributed by atoms with Crippen LogP contribution in [0.15, 0.2) is 30.5 Å². The van der Waals surface area contributed by atoms with Crippen LogP contribution < -0.4 is 0 Å². The molecule has 2 aromatic rings. The molecule has 2 aliphatic carbocycles. The van der Waals surface area contributed by atoms with Crippen LogP contribution in [0.3, 0.4) is 0 Å². The number of esters is 1. The first-order valence-corrected chi connectivity index (χ1v) is 10.1. The first kappa shape index (κ1) is 18.4. The molecule has 0 unspecified atom stereocenters. The van der Waals surface area contributed by atoms with E-state index in [0.29, 0.717) is 30.3 Å². The lowest BCUT2D eigenvalue weighted by atomic mass is 9.76. The van der Waals surface area contributed by atoms with E-state index in [2.05, 4.69) is 11.1 Å². The highest BCUT2D eigenvalue weighted by Gasteiger charge is 2.49. The van der Waals surface area contributed by atoms with Gasteiger partial charge in [-0.1, -0.05) is 0 Å². The molecule has 1 aromatic carbocycles. The van der Waals surface area contributed by atoms with E-state index in [1.807, 2.05) is 27.0 Å². The second-order valence-electron chi connectivity index (χ2n) is 8.86. The number of nitrogens with zero attached hydrogens (tertiary/aromatic N) is 1. The number of benzene rings is 1. The van der Waals surface area contributed by atoms with Crippen molar-refractivity contribution >= 4 is 16.9 Å². The van der Waals surface area contributed by atoms with Crippen molar-refractivity contribution in [3.63, 3.8) is 0 Å². The monoisotopic (exact) mass is 369 g/mol. The quantitative estimate of drug-likeness (QED) is 0.670. The van der Waals surface area contributed by atoms with Gasteiger partial charge in [-0.2, -0.15) is 0 Å². The van der Waals surface area contributed by atoms with Gasteiger partial charge in [-0.15, -0.1) is 0 Å². The molecule has 0 saturated heterocycles. The number of fused-ring (bicyclic) bond motifs is 2. The molecule has 0 bridgehead atoms. The Morgan fingerprint density at radius 3 is 2.56 bits per heavy atom. The van der Waals surface area contributed by atoms with Crippen LogP contribution in [-0.2, 0) is 9.53 Å². The Kier molecular flexibility index (Phi) is 4.69. The minimum atomic E-state index is -0.414. The maximum absolute atomic E-state index is 13.8. The average molecular weight is 369 g/mol. The molecule has 0 spiro atoms. The Balaban J connectivity index is 1.51. The maximum Gasteiger partial charge on any atom is 0.311 e. The topological polar surface area (TPSA) is 39.2 Å². The third-order valence-electron chi connectivity index (χ3n) is 7.02. The molecule has 1 heterocycles. The number of carbonyl (C=O) groups excluding carboxylic acids is 1. The highest BCUT2D eigenvalue weighted by molar-refractivity contribution is 5.82. The summed E-state index contributed by atoms with van der Waals surface area (Å²) >= 11 is 0. The van der Waals surface area contributed by atoms with Crippen LogP contribution in [0.25, 0.3) is 10.9 Å². The Morgan fingerprint density at radius 2 is 1.89 bits per heavy atom. The Labute approximate surface area is 160 Å². The fourth-order valence-electron chi connectivity index (χ4n) is 5.44. The first-order chi connectivity index (χ1) is 12.9. The van der Waals surface area contributed by atoms with Crippen LogP contribution in [0.4, 0.5) is 4.39 Å². The van der Waals surface area contributed by atoms with Gasteiger partial charge in [0.25, 0.3) is 0 Å². The smallest absolute Gasteiger partial charge is 0.311 e. The van der Waals surface area contributed by atoms with E-state index < -0.39 is 5.41 Å². The number of aromatic nitrogens is 1. The van der Waals surface area contributed by atoms with Crippen LogP contribution in [0, 0.1) is 29.0 Å². The fourth-order valence-corrected chi connectivity index (χ4v) is 5.44. The Bertz CT molecular complexity index is 849. The summed E-state index contributed by atoms with van der Waals surface area (Å²) in [6.07, 6.45) is 6.26. The van der Waals surface area contributed by atoms with Gasteiger partial charge in [0.15, 0.2) is 0 Å². The minimum Gasteiger partial charge on any atom is -0.466 e. The SMILES string of the molecule is CCOC(=O)C(C)(C)[C@@H]1C[C@H]2C[C@@H](c3ccnc4ccc(F)cc34)C[C@H]2C1. The fraction of sp³-hybridized carbons (Fsp3) is 0.565. The number of hydrogen-bond acceptors (Lipinski definition) is 3. The molecule has 0 N–H and O–H groups in total. The van der Waals surface area contributed by atoms with E-state index in [-0.39, 0.29) is 11.8 Å². The highest BCUT2D eigenvalue weighted by Crippen LogP contribution is 2.56. The molecule has 0 aliphatic heterocycles. The molecule has 0 radical (unpaired) electrons. The number of carbonyl (C=O) groups is 1. The zero-order valence-corrected chi connectivity index (χ0v) is 16.4. The zero-order valence-electron chi connectivity index (χ0n) is 16.4. The summed E-state index contributed by atoms with van der Waals surface area (Å²) in [5.74, 6) is 1.86. The molecule has 4 rings (SSSR count). The van der Waals surface area contributed by atoms with Gasteiger partial charge >= 0.3 is 5.97 Å². The molecule has 2 saturated carbocycles. The van der Waals surface area contributed by atoms with Gasteiger partial charge in [-0.3, -0.25) is 9.78 Å². The summed E-state index contributed by atoms with van der Waals surface area (Å²) < 4.78 is 19.1. The van der Waals surface area contributed by atoms with Crippen molar-refractivity contribution in [3.05, 3.63) is 41.8 Å². The van der Waals surface area contributed by atoms with Crippen LogP contribution in [0.2, 0.25) is 0 Å². The minimum absolute atomic E-state index is 0.0675. The van der Waals surface area contributed by atoms with E-state index in [1.54, 1.807) is 12.1 Å². The van der Waals surface area contributed by atoms with E-state index in [0.717, 1.165) is 36.6 Å². The van der Waals surface area contributed by atoms with Crippen LogP contribution >= 0.6 is 0 Å². The maximum atomic E-state index is 13.8. The molecule has 4 atom stereocenters. The van der Waals surface area contributed by atoms with Crippen molar-refractivity contribution in [1.82, 2.24) is 4.98 Å². The predicted octanol–water partition coefficient (Wildman–Crippen LogP) is 5.48. The lowest BCUT2D eigenvalue weighted by molar-refractivity contribution is -0.156. The summed E-state index contributed by atoms with van der Waals surface area (Å²) in [5, 5.41) is 0.950. The standard InChI is InChI=1S/C23H28FNO2/c1-4-27-22(26)23(2,3)17-11-14-9-16(10-15(14)12-17)19-7-8-25-21-6-5-18(24)13-20(19)21/h5-8,13-17H,4,9-12H2,1-3H3/t14-,15+,16-,17-. The van der Waals surface area contributed by atoms with Gasteiger partial charge in [0.05, 0.1) is 17.5 Å². The van der Waals surface area contributed by atoms with Crippen molar-refractivity contribution in [2.75, 3.05) is 6.61 Å². The largest absolute Gasteiger partial charge is 0.466 e. The number of rotatable bonds is 4. The van der Waals surface area contributed by atoms with Gasteiger partial charge in [0.1, 0.15) is 5.82 Å². The van der Waals surface area contributed by atoms with Gasteiger partial charge in [-0.05, 0) is 100.0 Å². The molecule has 3 nitrogen and oxygen atoms in total. The number of halogens is 1. The molecule has 2 aliphatic rings. The van der Waals surface area contributed by atoms with Crippen molar-refractivity contribution in [1.29, 1.82) is 0 Å². The third kappa shape index (κ3) is 3.24. The molecule has 1 aromatic heterocycles. The lowest BCUT2D eigenvalue weighted by Crippen LogP contribution is -2.34. The van der Waals surface area contributed by atoms with Crippen LogP contribution in [0.1, 0.15) is 57.9 Å². The molecule has 27 heavy (non-hydrogen) atoms. The van der Waals surface area contributed by atoms with Crippen molar-refractivity contribution in [2.45, 2.75) is 52.4 Å². The van der Waals surface area contributed by atoms with E-state index >= 15 is 0 Å². The summed E-state index contributed by atoms with van der Waals surface area (Å²) in [4.78, 5) is 16.8. The van der Waals surface area contributed by atoms with Gasteiger partial charge in [0.2, 0.25) is 0 Å². The van der Waals surface area contributed by atoms with Crippen LogP contribution in [0.5, 0.6) is 0 Å². The predicted molar refractivity (Wildman–Crippen MR) is 104 cm³/mol.